The standard InChI is InChI=1S/C18H25ClN2O2/c1-10-6-11(2)17(16(19)7-10)20-18(23)12(3)21-13-4-5-14(21)9-15(22)8-13/h6-7,12-15,22H,4-5,8-9H2,1-3H3,(H,20,23). The van der Waals surface area contributed by atoms with Crippen LogP contribution in [0.15, 0.2) is 12.1 Å². The van der Waals surface area contributed by atoms with Gasteiger partial charge in [0.15, 0.2) is 0 Å². The van der Waals surface area contributed by atoms with E-state index in [0.717, 1.165) is 36.8 Å². The Balaban J connectivity index is 1.74. The number of aliphatic hydroxyl groups excluding tert-OH is 1. The molecule has 0 aromatic heterocycles. The van der Waals surface area contributed by atoms with Crippen molar-refractivity contribution in [2.24, 2.45) is 0 Å². The van der Waals surface area contributed by atoms with E-state index in [4.69, 9.17) is 11.6 Å². The number of aryl methyl sites for hydroxylation is 2. The van der Waals surface area contributed by atoms with E-state index in [1.165, 1.54) is 0 Å². The number of anilines is 1. The van der Waals surface area contributed by atoms with Crippen molar-refractivity contribution in [3.63, 3.8) is 0 Å². The number of amides is 1. The molecule has 23 heavy (non-hydrogen) atoms. The van der Waals surface area contributed by atoms with Crippen molar-refractivity contribution in [3.8, 4) is 0 Å². The van der Waals surface area contributed by atoms with E-state index >= 15 is 0 Å². The lowest BCUT2D eigenvalue weighted by atomic mass is 9.97. The van der Waals surface area contributed by atoms with Gasteiger partial charge in [-0.15, -0.1) is 0 Å². The molecule has 0 radical (unpaired) electrons. The fourth-order valence-electron chi connectivity index (χ4n) is 4.25. The lowest BCUT2D eigenvalue weighted by molar-refractivity contribution is -0.123. The van der Waals surface area contributed by atoms with Gasteiger partial charge in [0.1, 0.15) is 0 Å². The monoisotopic (exact) mass is 336 g/mol. The van der Waals surface area contributed by atoms with Gasteiger partial charge in [0.2, 0.25) is 5.91 Å². The average molecular weight is 337 g/mol. The third kappa shape index (κ3) is 3.25. The molecule has 2 bridgehead atoms. The van der Waals surface area contributed by atoms with Crippen LogP contribution >= 0.6 is 11.6 Å². The number of aliphatic hydroxyl groups is 1. The Morgan fingerprint density at radius 3 is 2.48 bits per heavy atom. The molecular weight excluding hydrogens is 312 g/mol. The number of benzene rings is 1. The van der Waals surface area contributed by atoms with Crippen LogP contribution in [-0.4, -0.2) is 40.1 Å². The van der Waals surface area contributed by atoms with Crippen LogP contribution in [-0.2, 0) is 4.79 Å². The molecule has 2 aliphatic heterocycles. The highest BCUT2D eigenvalue weighted by atomic mass is 35.5. The van der Waals surface area contributed by atoms with Crippen LogP contribution in [0, 0.1) is 13.8 Å². The van der Waals surface area contributed by atoms with Gasteiger partial charge >= 0.3 is 0 Å². The Kier molecular flexibility index (Phi) is 4.68. The molecule has 2 saturated heterocycles. The number of rotatable bonds is 3. The summed E-state index contributed by atoms with van der Waals surface area (Å²) in [7, 11) is 0. The van der Waals surface area contributed by atoms with Crippen molar-refractivity contribution >= 4 is 23.2 Å². The predicted molar refractivity (Wildman–Crippen MR) is 92.9 cm³/mol. The second-order valence-corrected chi connectivity index (χ2v) is 7.47. The molecule has 4 nitrogen and oxygen atoms in total. The van der Waals surface area contributed by atoms with E-state index in [9.17, 15) is 9.90 Å². The van der Waals surface area contributed by atoms with Crippen LogP contribution in [0.2, 0.25) is 5.02 Å². The highest BCUT2D eigenvalue weighted by Gasteiger charge is 2.44. The van der Waals surface area contributed by atoms with E-state index in [2.05, 4.69) is 10.2 Å². The van der Waals surface area contributed by atoms with E-state index in [1.807, 2.05) is 32.9 Å². The minimum atomic E-state index is -0.215. The summed E-state index contributed by atoms with van der Waals surface area (Å²) in [5.74, 6) is -0.0212. The van der Waals surface area contributed by atoms with Gasteiger partial charge in [-0.25, -0.2) is 0 Å². The van der Waals surface area contributed by atoms with Crippen molar-refractivity contribution in [3.05, 3.63) is 28.3 Å². The molecule has 126 valence electrons. The Hall–Kier alpha value is -1.10. The summed E-state index contributed by atoms with van der Waals surface area (Å²) in [5.41, 5.74) is 2.77. The van der Waals surface area contributed by atoms with Crippen LogP contribution in [0.5, 0.6) is 0 Å². The van der Waals surface area contributed by atoms with Gasteiger partial charge in [-0.2, -0.15) is 0 Å². The summed E-state index contributed by atoms with van der Waals surface area (Å²) in [6, 6.07) is 4.32. The van der Waals surface area contributed by atoms with Gasteiger partial charge in [0.05, 0.1) is 22.9 Å². The maximum Gasteiger partial charge on any atom is 0.241 e. The maximum absolute atomic E-state index is 12.7. The first-order valence-corrected chi connectivity index (χ1v) is 8.77. The zero-order valence-electron chi connectivity index (χ0n) is 14.0. The van der Waals surface area contributed by atoms with E-state index in [1.54, 1.807) is 0 Å². The number of carbonyl (C=O) groups excluding carboxylic acids is 1. The van der Waals surface area contributed by atoms with Gasteiger partial charge in [-0.05, 0) is 63.6 Å². The summed E-state index contributed by atoms with van der Waals surface area (Å²) in [5, 5.41) is 13.5. The summed E-state index contributed by atoms with van der Waals surface area (Å²) in [4.78, 5) is 15.0. The molecule has 5 heteroatoms. The SMILES string of the molecule is Cc1cc(C)c(NC(=O)C(C)N2C3CCC2CC(O)C3)c(Cl)c1. The minimum absolute atomic E-state index is 0.0212. The fourth-order valence-corrected chi connectivity index (χ4v) is 4.62. The number of hydrogen-bond acceptors (Lipinski definition) is 3. The summed E-state index contributed by atoms with van der Waals surface area (Å²) < 4.78 is 0. The van der Waals surface area contributed by atoms with Gasteiger partial charge in [-0.3, -0.25) is 9.69 Å². The molecule has 3 unspecified atom stereocenters. The molecule has 1 aromatic carbocycles. The van der Waals surface area contributed by atoms with Crippen LogP contribution in [0.25, 0.3) is 0 Å². The fraction of sp³-hybridized carbons (Fsp3) is 0.611. The van der Waals surface area contributed by atoms with E-state index < -0.39 is 0 Å². The molecule has 1 amide bonds. The summed E-state index contributed by atoms with van der Waals surface area (Å²) in [6.45, 7) is 5.90. The molecule has 2 aliphatic rings. The second kappa shape index (κ2) is 6.42. The van der Waals surface area contributed by atoms with Crippen LogP contribution in [0.4, 0.5) is 5.69 Å². The van der Waals surface area contributed by atoms with Crippen LogP contribution in [0.1, 0.15) is 43.7 Å². The number of carbonyl (C=O) groups is 1. The average Bonchev–Trinajstić information content (AvgIpc) is 2.73. The molecule has 2 heterocycles. The van der Waals surface area contributed by atoms with Gasteiger partial charge in [-0.1, -0.05) is 17.7 Å². The first kappa shape index (κ1) is 16.7. The van der Waals surface area contributed by atoms with Crippen molar-refractivity contribution in [1.82, 2.24) is 4.90 Å². The number of piperidine rings is 1. The van der Waals surface area contributed by atoms with Crippen molar-refractivity contribution in [2.75, 3.05) is 5.32 Å². The molecule has 3 rings (SSSR count). The molecule has 0 saturated carbocycles. The highest BCUT2D eigenvalue weighted by molar-refractivity contribution is 6.34. The number of nitrogens with one attached hydrogen (secondary N) is 1. The predicted octanol–water partition coefficient (Wildman–Crippen LogP) is 3.27. The Bertz CT molecular complexity index is 582. The molecule has 0 spiro atoms. The van der Waals surface area contributed by atoms with E-state index in [0.29, 0.717) is 22.8 Å². The minimum Gasteiger partial charge on any atom is -0.393 e. The van der Waals surface area contributed by atoms with Crippen LogP contribution < -0.4 is 5.32 Å². The lowest BCUT2D eigenvalue weighted by Gasteiger charge is -2.40. The highest BCUT2D eigenvalue weighted by Crippen LogP contribution is 2.37. The number of halogens is 1. The second-order valence-electron chi connectivity index (χ2n) is 7.06. The van der Waals surface area contributed by atoms with Crippen LogP contribution in [0.3, 0.4) is 0 Å². The van der Waals surface area contributed by atoms with E-state index in [-0.39, 0.29) is 18.1 Å². The smallest absolute Gasteiger partial charge is 0.241 e. The molecule has 3 atom stereocenters. The molecule has 1 aromatic rings. The van der Waals surface area contributed by atoms with Crippen molar-refractivity contribution in [1.29, 1.82) is 0 Å². The summed E-state index contributed by atoms with van der Waals surface area (Å²) >= 11 is 6.30. The largest absolute Gasteiger partial charge is 0.393 e. The first-order chi connectivity index (χ1) is 10.9. The van der Waals surface area contributed by atoms with Gasteiger partial charge < -0.3 is 10.4 Å². The number of fused-ring (bicyclic) bond motifs is 2. The van der Waals surface area contributed by atoms with Crippen molar-refractivity contribution < 1.29 is 9.90 Å². The zero-order chi connectivity index (χ0) is 16.7. The lowest BCUT2D eigenvalue weighted by Crippen LogP contribution is -2.53. The molecule has 2 N–H and O–H groups in total. The Morgan fingerprint density at radius 2 is 1.91 bits per heavy atom. The number of hydrogen-bond donors (Lipinski definition) is 2. The maximum atomic E-state index is 12.7. The first-order valence-electron chi connectivity index (χ1n) is 8.40. The number of nitrogens with zero attached hydrogens (tertiary/aromatic N) is 1. The summed E-state index contributed by atoms with van der Waals surface area (Å²) in [6.07, 6.45) is 3.48. The molecule has 2 fully saturated rings. The van der Waals surface area contributed by atoms with Gasteiger partial charge in [0, 0.05) is 12.1 Å². The van der Waals surface area contributed by atoms with Crippen molar-refractivity contribution in [2.45, 2.75) is 70.7 Å². The normalized spacial score (nSPS) is 28.7. The molecule has 0 aliphatic carbocycles. The Labute approximate surface area is 142 Å². The third-order valence-corrected chi connectivity index (χ3v) is 5.57. The quantitative estimate of drug-likeness (QED) is 0.890. The zero-order valence-corrected chi connectivity index (χ0v) is 14.7. The third-order valence-electron chi connectivity index (χ3n) is 5.27. The molecular formula is C18H25ClN2O2. The Morgan fingerprint density at radius 1 is 1.30 bits per heavy atom. The van der Waals surface area contributed by atoms with Gasteiger partial charge in [0.25, 0.3) is 0 Å². The topological polar surface area (TPSA) is 52.6 Å².